The second kappa shape index (κ2) is 5.94. The lowest BCUT2D eigenvalue weighted by Gasteiger charge is -2.20. The fourth-order valence-corrected chi connectivity index (χ4v) is 2.38. The summed E-state index contributed by atoms with van der Waals surface area (Å²) in [4.78, 5) is 24.7. The molecule has 1 aliphatic rings. The summed E-state index contributed by atoms with van der Waals surface area (Å²) in [7, 11) is 0. The maximum atomic E-state index is 12.0. The first-order valence-electron chi connectivity index (χ1n) is 6.81. The number of carbonyl (C=O) groups excluding carboxylic acids is 1. The van der Waals surface area contributed by atoms with Gasteiger partial charge in [-0.05, 0) is 25.3 Å². The van der Waals surface area contributed by atoms with Crippen LogP contribution < -0.4 is 5.32 Å². The van der Waals surface area contributed by atoms with Crippen LogP contribution in [0.4, 0.5) is 4.79 Å². The quantitative estimate of drug-likeness (QED) is 0.880. The van der Waals surface area contributed by atoms with Crippen LogP contribution in [0.5, 0.6) is 0 Å². The lowest BCUT2D eigenvalue weighted by molar-refractivity contribution is -0.146. The summed E-state index contributed by atoms with van der Waals surface area (Å²) in [5, 5.41) is 12.0. The molecule has 1 saturated heterocycles. The van der Waals surface area contributed by atoms with Gasteiger partial charge >= 0.3 is 12.0 Å². The third-order valence-electron chi connectivity index (χ3n) is 3.81. The van der Waals surface area contributed by atoms with Crippen molar-refractivity contribution >= 4 is 12.0 Å². The van der Waals surface area contributed by atoms with Crippen LogP contribution in [-0.2, 0) is 11.2 Å². The standard InChI is InChI=1S/C15H20N2O3/c1-15(13(18)19)8-10-17(11-15)14(20)16-9-7-12-5-3-2-4-6-12/h2-6H,7-11H2,1H3,(H,16,20)(H,18,19). The lowest BCUT2D eigenvalue weighted by Crippen LogP contribution is -2.41. The highest BCUT2D eigenvalue weighted by atomic mass is 16.4. The molecule has 20 heavy (non-hydrogen) atoms. The van der Waals surface area contributed by atoms with E-state index in [0.717, 1.165) is 6.42 Å². The molecule has 1 aromatic carbocycles. The number of likely N-dealkylation sites (tertiary alicyclic amines) is 1. The van der Waals surface area contributed by atoms with E-state index in [1.807, 2.05) is 30.3 Å². The molecule has 0 bridgehead atoms. The zero-order valence-electron chi connectivity index (χ0n) is 11.6. The number of hydrogen-bond donors (Lipinski definition) is 2. The highest BCUT2D eigenvalue weighted by molar-refractivity contribution is 5.79. The molecule has 108 valence electrons. The van der Waals surface area contributed by atoms with Crippen LogP contribution in [0.3, 0.4) is 0 Å². The summed E-state index contributed by atoms with van der Waals surface area (Å²) >= 11 is 0. The van der Waals surface area contributed by atoms with Gasteiger partial charge in [-0.2, -0.15) is 0 Å². The molecule has 0 radical (unpaired) electrons. The zero-order valence-corrected chi connectivity index (χ0v) is 11.6. The molecule has 2 amide bonds. The minimum atomic E-state index is -0.836. The van der Waals surface area contributed by atoms with Crippen molar-refractivity contribution in [3.05, 3.63) is 35.9 Å². The van der Waals surface area contributed by atoms with E-state index in [4.69, 9.17) is 5.11 Å². The Morgan fingerprint density at radius 3 is 2.65 bits per heavy atom. The monoisotopic (exact) mass is 276 g/mol. The summed E-state index contributed by atoms with van der Waals surface area (Å²) < 4.78 is 0. The fraction of sp³-hybridized carbons (Fsp3) is 0.467. The number of benzene rings is 1. The summed E-state index contributed by atoms with van der Waals surface area (Å²) in [6.07, 6.45) is 1.28. The average Bonchev–Trinajstić information content (AvgIpc) is 2.84. The van der Waals surface area contributed by atoms with Crippen molar-refractivity contribution in [1.82, 2.24) is 10.2 Å². The molecule has 5 nitrogen and oxygen atoms in total. The third-order valence-corrected chi connectivity index (χ3v) is 3.81. The number of rotatable bonds is 4. The fourth-order valence-electron chi connectivity index (χ4n) is 2.38. The highest BCUT2D eigenvalue weighted by Gasteiger charge is 2.42. The van der Waals surface area contributed by atoms with E-state index in [1.54, 1.807) is 11.8 Å². The number of carbonyl (C=O) groups is 2. The first-order chi connectivity index (χ1) is 9.51. The number of urea groups is 1. The second-order valence-corrected chi connectivity index (χ2v) is 5.50. The van der Waals surface area contributed by atoms with Crippen molar-refractivity contribution in [2.24, 2.45) is 5.41 Å². The normalized spacial score (nSPS) is 21.8. The Hall–Kier alpha value is -2.04. The minimum absolute atomic E-state index is 0.175. The molecule has 0 spiro atoms. The predicted octanol–water partition coefficient (Wildman–Crippen LogP) is 1.74. The molecule has 1 fully saturated rings. The van der Waals surface area contributed by atoms with E-state index in [1.165, 1.54) is 5.56 Å². The van der Waals surface area contributed by atoms with Crippen molar-refractivity contribution < 1.29 is 14.7 Å². The van der Waals surface area contributed by atoms with Gasteiger partial charge in [0, 0.05) is 19.6 Å². The van der Waals surface area contributed by atoms with Crippen molar-refractivity contribution in [3.8, 4) is 0 Å². The number of amides is 2. The van der Waals surface area contributed by atoms with Gasteiger partial charge < -0.3 is 15.3 Å². The first kappa shape index (κ1) is 14.4. The molecule has 1 heterocycles. The van der Waals surface area contributed by atoms with Crippen LogP contribution in [0.2, 0.25) is 0 Å². The van der Waals surface area contributed by atoms with Gasteiger partial charge in [-0.1, -0.05) is 30.3 Å². The van der Waals surface area contributed by atoms with E-state index in [9.17, 15) is 9.59 Å². The predicted molar refractivity (Wildman–Crippen MR) is 75.5 cm³/mol. The molecule has 0 aliphatic carbocycles. The van der Waals surface area contributed by atoms with Crippen LogP contribution in [0, 0.1) is 5.41 Å². The van der Waals surface area contributed by atoms with E-state index >= 15 is 0 Å². The van der Waals surface area contributed by atoms with Crippen LogP contribution in [-0.4, -0.2) is 41.6 Å². The van der Waals surface area contributed by atoms with E-state index in [2.05, 4.69) is 5.32 Å². The van der Waals surface area contributed by atoms with Gasteiger partial charge in [-0.25, -0.2) is 4.79 Å². The molecule has 1 aromatic rings. The molecule has 5 heteroatoms. The topological polar surface area (TPSA) is 69.6 Å². The third kappa shape index (κ3) is 3.29. The Morgan fingerprint density at radius 2 is 2.05 bits per heavy atom. The van der Waals surface area contributed by atoms with Crippen molar-refractivity contribution in [1.29, 1.82) is 0 Å². The number of hydrogen-bond acceptors (Lipinski definition) is 2. The van der Waals surface area contributed by atoms with Gasteiger partial charge in [0.15, 0.2) is 0 Å². The smallest absolute Gasteiger partial charge is 0.317 e. The molecule has 0 aromatic heterocycles. The molecule has 0 saturated carbocycles. The minimum Gasteiger partial charge on any atom is -0.481 e. The van der Waals surface area contributed by atoms with Crippen LogP contribution in [0.25, 0.3) is 0 Å². The SMILES string of the molecule is CC1(C(=O)O)CCN(C(=O)NCCc2ccccc2)C1. The van der Waals surface area contributed by atoms with Crippen LogP contribution >= 0.6 is 0 Å². The molecular formula is C15H20N2O3. The largest absolute Gasteiger partial charge is 0.481 e. The molecule has 1 aliphatic heterocycles. The van der Waals surface area contributed by atoms with Gasteiger partial charge in [0.2, 0.25) is 0 Å². The number of nitrogens with one attached hydrogen (secondary N) is 1. The van der Waals surface area contributed by atoms with E-state index < -0.39 is 11.4 Å². The van der Waals surface area contributed by atoms with Gasteiger partial charge in [-0.15, -0.1) is 0 Å². The molecule has 1 atom stereocenters. The van der Waals surface area contributed by atoms with Crippen molar-refractivity contribution in [3.63, 3.8) is 0 Å². The maximum Gasteiger partial charge on any atom is 0.317 e. The Balaban J connectivity index is 1.78. The lowest BCUT2D eigenvalue weighted by atomic mass is 9.90. The van der Waals surface area contributed by atoms with Crippen molar-refractivity contribution in [2.75, 3.05) is 19.6 Å². The number of carboxylic acid groups (broad SMARTS) is 1. The van der Waals surface area contributed by atoms with Crippen LogP contribution in [0.15, 0.2) is 30.3 Å². The van der Waals surface area contributed by atoms with E-state index in [-0.39, 0.29) is 12.6 Å². The average molecular weight is 276 g/mol. The summed E-state index contributed by atoms with van der Waals surface area (Å²) in [6, 6.07) is 9.75. The maximum absolute atomic E-state index is 12.0. The first-order valence-corrected chi connectivity index (χ1v) is 6.81. The highest BCUT2D eigenvalue weighted by Crippen LogP contribution is 2.29. The molecular weight excluding hydrogens is 256 g/mol. The Morgan fingerprint density at radius 1 is 1.35 bits per heavy atom. The number of aliphatic carboxylic acids is 1. The summed E-state index contributed by atoms with van der Waals surface area (Å²) in [5.74, 6) is -0.836. The Bertz CT molecular complexity index is 489. The number of nitrogens with zero attached hydrogens (tertiary/aromatic N) is 1. The van der Waals surface area contributed by atoms with E-state index in [0.29, 0.717) is 19.5 Å². The van der Waals surface area contributed by atoms with Gasteiger partial charge in [-0.3, -0.25) is 4.79 Å². The second-order valence-electron chi connectivity index (χ2n) is 5.50. The summed E-state index contributed by atoms with van der Waals surface area (Å²) in [5.41, 5.74) is 0.362. The number of carboxylic acids is 1. The molecule has 2 rings (SSSR count). The molecule has 2 N–H and O–H groups in total. The van der Waals surface area contributed by atoms with Crippen LogP contribution in [0.1, 0.15) is 18.9 Å². The Kier molecular flexibility index (Phi) is 4.27. The molecule has 1 unspecified atom stereocenters. The van der Waals surface area contributed by atoms with Gasteiger partial charge in [0.1, 0.15) is 0 Å². The summed E-state index contributed by atoms with van der Waals surface area (Å²) in [6.45, 7) is 3.02. The van der Waals surface area contributed by atoms with Gasteiger partial charge in [0.25, 0.3) is 0 Å². The van der Waals surface area contributed by atoms with Gasteiger partial charge in [0.05, 0.1) is 5.41 Å². The zero-order chi connectivity index (χ0) is 14.6. The van der Waals surface area contributed by atoms with Crippen molar-refractivity contribution in [2.45, 2.75) is 19.8 Å². The Labute approximate surface area is 118 Å².